The van der Waals surface area contributed by atoms with E-state index in [1.165, 1.54) is 0 Å². The SMILES string of the molecule is Cc1ccncc1C#CS. The van der Waals surface area contributed by atoms with Crippen molar-refractivity contribution in [1.82, 2.24) is 4.98 Å². The summed E-state index contributed by atoms with van der Waals surface area (Å²) in [4.78, 5) is 3.93. The van der Waals surface area contributed by atoms with E-state index in [9.17, 15) is 0 Å². The molecule has 0 saturated carbocycles. The lowest BCUT2D eigenvalue weighted by molar-refractivity contribution is 1.27. The highest BCUT2D eigenvalue weighted by atomic mass is 32.1. The summed E-state index contributed by atoms with van der Waals surface area (Å²) in [6.07, 6.45) is 3.48. The quantitative estimate of drug-likeness (QED) is 0.437. The molecular weight excluding hydrogens is 142 g/mol. The third-order valence-corrected chi connectivity index (χ3v) is 1.34. The minimum Gasteiger partial charge on any atom is -0.263 e. The van der Waals surface area contributed by atoms with Gasteiger partial charge in [-0.25, -0.2) is 0 Å². The fourth-order valence-corrected chi connectivity index (χ4v) is 0.776. The number of thiol groups is 1. The Morgan fingerprint density at radius 1 is 1.60 bits per heavy atom. The molecule has 0 radical (unpaired) electrons. The van der Waals surface area contributed by atoms with Crippen molar-refractivity contribution in [3.05, 3.63) is 29.6 Å². The van der Waals surface area contributed by atoms with Gasteiger partial charge in [0.1, 0.15) is 0 Å². The van der Waals surface area contributed by atoms with E-state index in [1.54, 1.807) is 12.4 Å². The van der Waals surface area contributed by atoms with Crippen LogP contribution in [-0.4, -0.2) is 4.98 Å². The largest absolute Gasteiger partial charge is 0.263 e. The average Bonchev–Trinajstić information content (AvgIpc) is 1.94. The van der Waals surface area contributed by atoms with Gasteiger partial charge in [0, 0.05) is 18.0 Å². The zero-order valence-electron chi connectivity index (χ0n) is 5.63. The van der Waals surface area contributed by atoms with Gasteiger partial charge < -0.3 is 0 Å². The lowest BCUT2D eigenvalue weighted by Gasteiger charge is -1.92. The molecule has 0 aliphatic carbocycles. The molecule has 0 atom stereocenters. The van der Waals surface area contributed by atoms with Gasteiger partial charge in [-0.2, -0.15) is 0 Å². The van der Waals surface area contributed by atoms with Crippen LogP contribution in [0, 0.1) is 18.1 Å². The van der Waals surface area contributed by atoms with Crippen LogP contribution in [0.25, 0.3) is 0 Å². The van der Waals surface area contributed by atoms with E-state index in [0.29, 0.717) is 0 Å². The van der Waals surface area contributed by atoms with Gasteiger partial charge in [0.2, 0.25) is 0 Å². The number of hydrogen-bond acceptors (Lipinski definition) is 2. The summed E-state index contributed by atoms with van der Waals surface area (Å²) in [6.45, 7) is 2.00. The molecule has 1 aromatic heterocycles. The Morgan fingerprint density at radius 2 is 2.40 bits per heavy atom. The van der Waals surface area contributed by atoms with Gasteiger partial charge in [-0.15, -0.1) is 0 Å². The Labute approximate surface area is 65.9 Å². The first-order chi connectivity index (χ1) is 4.84. The Hall–Kier alpha value is -0.940. The van der Waals surface area contributed by atoms with Crippen LogP contribution < -0.4 is 0 Å². The molecule has 0 aromatic carbocycles. The van der Waals surface area contributed by atoms with E-state index in [4.69, 9.17) is 0 Å². The van der Waals surface area contributed by atoms with Crippen LogP contribution in [0.5, 0.6) is 0 Å². The van der Waals surface area contributed by atoms with Crippen LogP contribution in [0.3, 0.4) is 0 Å². The van der Waals surface area contributed by atoms with Crippen molar-refractivity contribution in [2.45, 2.75) is 6.92 Å². The van der Waals surface area contributed by atoms with Crippen LogP contribution in [-0.2, 0) is 0 Å². The molecule has 0 spiro atoms. The highest BCUT2D eigenvalue weighted by Gasteiger charge is 1.89. The molecule has 0 fully saturated rings. The highest BCUT2D eigenvalue weighted by molar-refractivity contribution is 7.85. The molecule has 0 aliphatic rings. The van der Waals surface area contributed by atoms with Gasteiger partial charge in [0.15, 0.2) is 0 Å². The number of aryl methyl sites for hydroxylation is 1. The number of rotatable bonds is 0. The lowest BCUT2D eigenvalue weighted by atomic mass is 10.2. The summed E-state index contributed by atoms with van der Waals surface area (Å²) in [5.41, 5.74) is 2.08. The number of nitrogens with zero attached hydrogens (tertiary/aromatic N) is 1. The van der Waals surface area contributed by atoms with E-state index in [-0.39, 0.29) is 0 Å². The third kappa shape index (κ3) is 1.52. The Morgan fingerprint density at radius 3 is 3.00 bits per heavy atom. The Balaban J connectivity index is 3.11. The van der Waals surface area contributed by atoms with Crippen LogP contribution in [0.4, 0.5) is 0 Å². The van der Waals surface area contributed by atoms with Crippen LogP contribution in [0.1, 0.15) is 11.1 Å². The molecular formula is C8H7NS. The minimum atomic E-state index is 0.942. The zero-order chi connectivity index (χ0) is 7.40. The van der Waals surface area contributed by atoms with Gasteiger partial charge in [-0.05, 0) is 23.8 Å². The van der Waals surface area contributed by atoms with E-state index >= 15 is 0 Å². The van der Waals surface area contributed by atoms with E-state index in [2.05, 4.69) is 28.8 Å². The highest BCUT2D eigenvalue weighted by Crippen LogP contribution is 2.01. The van der Waals surface area contributed by atoms with Crippen LogP contribution in [0.2, 0.25) is 0 Å². The summed E-state index contributed by atoms with van der Waals surface area (Å²) in [5, 5.41) is 2.53. The summed E-state index contributed by atoms with van der Waals surface area (Å²) < 4.78 is 0. The van der Waals surface area contributed by atoms with E-state index < -0.39 is 0 Å². The standard InChI is InChI=1S/C8H7NS/c1-7-2-4-9-6-8(7)3-5-10/h2,4,6,10H,1H3. The monoisotopic (exact) mass is 149 g/mol. The van der Waals surface area contributed by atoms with Gasteiger partial charge in [-0.1, -0.05) is 18.5 Å². The second kappa shape index (κ2) is 3.28. The second-order valence-electron chi connectivity index (χ2n) is 1.93. The molecule has 10 heavy (non-hydrogen) atoms. The normalized spacial score (nSPS) is 8.20. The molecule has 1 heterocycles. The molecule has 0 saturated heterocycles. The molecule has 0 bridgehead atoms. The maximum absolute atomic E-state index is 3.93. The second-order valence-corrected chi connectivity index (χ2v) is 2.15. The molecule has 1 nitrogen and oxygen atoms in total. The van der Waals surface area contributed by atoms with E-state index in [1.807, 2.05) is 13.0 Å². The third-order valence-electron chi connectivity index (χ3n) is 1.23. The average molecular weight is 149 g/mol. The van der Waals surface area contributed by atoms with Crippen molar-refractivity contribution in [2.24, 2.45) is 0 Å². The summed E-state index contributed by atoms with van der Waals surface area (Å²) in [5.74, 6) is 2.83. The molecule has 0 amide bonds. The smallest absolute Gasteiger partial charge is 0.0466 e. The number of aromatic nitrogens is 1. The van der Waals surface area contributed by atoms with Crippen LogP contribution in [0.15, 0.2) is 18.5 Å². The minimum absolute atomic E-state index is 0.942. The van der Waals surface area contributed by atoms with Gasteiger partial charge >= 0.3 is 0 Å². The summed E-state index contributed by atoms with van der Waals surface area (Å²) >= 11 is 3.79. The molecule has 1 aromatic rings. The molecule has 0 N–H and O–H groups in total. The van der Waals surface area contributed by atoms with Crippen molar-refractivity contribution < 1.29 is 0 Å². The topological polar surface area (TPSA) is 12.9 Å². The molecule has 0 aliphatic heterocycles. The summed E-state index contributed by atoms with van der Waals surface area (Å²) in [7, 11) is 0. The molecule has 2 heteroatoms. The maximum Gasteiger partial charge on any atom is 0.0466 e. The number of hydrogen-bond donors (Lipinski definition) is 1. The number of pyridine rings is 1. The Bertz CT molecular complexity index is 283. The van der Waals surface area contributed by atoms with Crippen molar-refractivity contribution in [1.29, 1.82) is 0 Å². The van der Waals surface area contributed by atoms with Gasteiger partial charge in [0.25, 0.3) is 0 Å². The molecule has 50 valence electrons. The first kappa shape index (κ1) is 7.17. The zero-order valence-corrected chi connectivity index (χ0v) is 6.52. The maximum atomic E-state index is 3.93. The molecule has 0 unspecified atom stereocenters. The first-order valence-corrected chi connectivity index (χ1v) is 3.35. The van der Waals surface area contributed by atoms with Crippen molar-refractivity contribution in [3.8, 4) is 11.2 Å². The van der Waals surface area contributed by atoms with E-state index in [0.717, 1.165) is 11.1 Å². The predicted octanol–water partition coefficient (Wildman–Crippen LogP) is 1.63. The summed E-state index contributed by atoms with van der Waals surface area (Å²) in [6, 6.07) is 1.92. The fraction of sp³-hybridized carbons (Fsp3) is 0.125. The van der Waals surface area contributed by atoms with Gasteiger partial charge in [0.05, 0.1) is 0 Å². The van der Waals surface area contributed by atoms with Crippen molar-refractivity contribution in [2.75, 3.05) is 0 Å². The fourth-order valence-electron chi connectivity index (χ4n) is 0.655. The van der Waals surface area contributed by atoms with Crippen molar-refractivity contribution >= 4 is 12.6 Å². The van der Waals surface area contributed by atoms with Crippen molar-refractivity contribution in [3.63, 3.8) is 0 Å². The molecule has 1 rings (SSSR count). The first-order valence-electron chi connectivity index (χ1n) is 2.90. The lowest BCUT2D eigenvalue weighted by Crippen LogP contribution is -1.81. The predicted molar refractivity (Wildman–Crippen MR) is 44.8 cm³/mol. The van der Waals surface area contributed by atoms with Crippen LogP contribution >= 0.6 is 12.6 Å². The van der Waals surface area contributed by atoms with Gasteiger partial charge in [-0.3, -0.25) is 4.98 Å². The Kier molecular flexibility index (Phi) is 2.35.